The van der Waals surface area contributed by atoms with Crippen molar-refractivity contribution in [3.8, 4) is 0 Å². The monoisotopic (exact) mass is 401 g/mol. The second-order valence-corrected chi connectivity index (χ2v) is 8.19. The second-order valence-electron chi connectivity index (χ2n) is 8.19. The molecule has 5 nitrogen and oxygen atoms in total. The van der Waals surface area contributed by atoms with Crippen molar-refractivity contribution in [3.05, 3.63) is 76.5 Å². The number of allylic oxidation sites excluding steroid dienone is 2. The van der Waals surface area contributed by atoms with Crippen LogP contribution in [0.5, 0.6) is 0 Å². The molecule has 154 valence electrons. The van der Waals surface area contributed by atoms with Gasteiger partial charge in [0.15, 0.2) is 5.78 Å². The summed E-state index contributed by atoms with van der Waals surface area (Å²) in [6.07, 6.45) is 3.49. The summed E-state index contributed by atoms with van der Waals surface area (Å²) in [5.41, 5.74) is 9.67. The maximum Gasteiger partial charge on any atom is 0.240 e. The number of hydrazone groups is 1. The average Bonchev–Trinajstić information content (AvgIpc) is 2.73. The Balaban J connectivity index is 1.60. The summed E-state index contributed by atoms with van der Waals surface area (Å²) in [5, 5.41) is 7.81. The van der Waals surface area contributed by atoms with E-state index >= 15 is 0 Å². The first-order chi connectivity index (χ1) is 14.5. The van der Waals surface area contributed by atoms with Crippen LogP contribution in [0.4, 0.5) is 5.69 Å². The third-order valence-corrected chi connectivity index (χ3v) is 5.82. The number of anilines is 1. The van der Waals surface area contributed by atoms with Crippen LogP contribution in [-0.2, 0) is 16.0 Å². The van der Waals surface area contributed by atoms with Crippen molar-refractivity contribution in [2.45, 2.75) is 46.0 Å². The highest BCUT2D eigenvalue weighted by Gasteiger charge is 2.23. The predicted octanol–water partition coefficient (Wildman–Crippen LogP) is 4.52. The number of nitrogens with one attached hydrogen (secondary N) is 2. The summed E-state index contributed by atoms with van der Waals surface area (Å²) in [7, 11) is 0. The molecule has 0 aromatic heterocycles. The number of aryl methyl sites for hydroxylation is 1. The number of rotatable bonds is 5. The Hall–Kier alpha value is -3.21. The average molecular weight is 402 g/mol. The minimum Gasteiger partial charge on any atom is -0.358 e. The predicted molar refractivity (Wildman–Crippen MR) is 119 cm³/mol. The molecule has 1 aliphatic heterocycles. The van der Waals surface area contributed by atoms with E-state index in [-0.39, 0.29) is 17.6 Å². The Morgan fingerprint density at radius 1 is 1.10 bits per heavy atom. The molecule has 0 saturated carbocycles. The number of Topliss-reactive ketones (excluding diaryl/α,β-unsaturated/α-hetero) is 1. The summed E-state index contributed by atoms with van der Waals surface area (Å²) in [6.45, 7) is 4.08. The molecule has 1 amide bonds. The van der Waals surface area contributed by atoms with Crippen molar-refractivity contribution in [3.63, 3.8) is 0 Å². The maximum absolute atomic E-state index is 12.7. The van der Waals surface area contributed by atoms with Crippen LogP contribution in [0.25, 0.3) is 0 Å². The summed E-state index contributed by atoms with van der Waals surface area (Å²) < 4.78 is 0. The first kappa shape index (κ1) is 20.1. The van der Waals surface area contributed by atoms with Gasteiger partial charge < -0.3 is 5.32 Å². The standard InChI is InChI=1S/C25H27N3O2/c1-16-13-19(25-17(2)14-24(30)27-28-25)11-12-21(16)26-22-9-6-10-23(29)20(22)15-18-7-4-3-5-8-18/h3-5,7-8,11-13,17,26H,6,9-10,14-15H2,1-2H3,(H,27,30). The molecule has 0 spiro atoms. The smallest absolute Gasteiger partial charge is 0.240 e. The van der Waals surface area contributed by atoms with Crippen LogP contribution in [0.1, 0.15) is 49.3 Å². The van der Waals surface area contributed by atoms with Crippen LogP contribution in [-0.4, -0.2) is 17.4 Å². The zero-order chi connectivity index (χ0) is 21.1. The van der Waals surface area contributed by atoms with Crippen molar-refractivity contribution < 1.29 is 9.59 Å². The lowest BCUT2D eigenvalue weighted by Gasteiger charge is -2.23. The van der Waals surface area contributed by atoms with E-state index in [0.717, 1.165) is 52.2 Å². The Kier molecular flexibility index (Phi) is 5.79. The van der Waals surface area contributed by atoms with Crippen molar-refractivity contribution in [2.24, 2.45) is 11.0 Å². The normalized spacial score (nSPS) is 19.4. The molecule has 0 fully saturated rings. The fourth-order valence-corrected chi connectivity index (χ4v) is 4.17. The van der Waals surface area contributed by atoms with Crippen molar-refractivity contribution in [2.75, 3.05) is 5.32 Å². The summed E-state index contributed by atoms with van der Waals surface area (Å²) >= 11 is 0. The van der Waals surface area contributed by atoms with Gasteiger partial charge in [0.2, 0.25) is 5.91 Å². The van der Waals surface area contributed by atoms with Crippen LogP contribution in [0.3, 0.4) is 0 Å². The number of hydrogen-bond donors (Lipinski definition) is 2. The lowest BCUT2D eigenvalue weighted by molar-refractivity contribution is -0.122. The molecular weight excluding hydrogens is 374 g/mol. The van der Waals surface area contributed by atoms with Gasteiger partial charge in [0.25, 0.3) is 0 Å². The Bertz CT molecular complexity index is 1040. The van der Waals surface area contributed by atoms with Crippen molar-refractivity contribution in [1.29, 1.82) is 0 Å². The molecule has 1 heterocycles. The molecule has 2 aliphatic rings. The Morgan fingerprint density at radius 2 is 1.90 bits per heavy atom. The SMILES string of the molecule is Cc1cc(C2=NNC(=O)CC2C)ccc1NC1=C(Cc2ccccc2)C(=O)CCC1. The molecule has 5 heteroatoms. The fraction of sp³-hybridized carbons (Fsp3) is 0.320. The largest absolute Gasteiger partial charge is 0.358 e. The number of amides is 1. The summed E-state index contributed by atoms with van der Waals surface area (Å²) in [4.78, 5) is 24.2. The third kappa shape index (κ3) is 4.35. The molecule has 0 saturated heterocycles. The zero-order valence-electron chi connectivity index (χ0n) is 17.5. The van der Waals surface area contributed by atoms with Gasteiger partial charge in [-0.1, -0.05) is 43.3 Å². The first-order valence-electron chi connectivity index (χ1n) is 10.5. The van der Waals surface area contributed by atoms with Gasteiger partial charge in [-0.3, -0.25) is 9.59 Å². The molecule has 1 atom stereocenters. The van der Waals surface area contributed by atoms with Gasteiger partial charge in [-0.15, -0.1) is 0 Å². The quantitative estimate of drug-likeness (QED) is 0.774. The Morgan fingerprint density at radius 3 is 2.63 bits per heavy atom. The molecular formula is C25H27N3O2. The molecule has 2 aromatic carbocycles. The van der Waals surface area contributed by atoms with Gasteiger partial charge in [-0.25, -0.2) is 5.43 Å². The highest BCUT2D eigenvalue weighted by Crippen LogP contribution is 2.29. The maximum atomic E-state index is 12.7. The Labute approximate surface area is 177 Å². The van der Waals surface area contributed by atoms with Crippen LogP contribution < -0.4 is 10.7 Å². The van der Waals surface area contributed by atoms with E-state index in [9.17, 15) is 9.59 Å². The minimum atomic E-state index is -0.0406. The van der Waals surface area contributed by atoms with E-state index < -0.39 is 0 Å². The van der Waals surface area contributed by atoms with E-state index in [1.54, 1.807) is 0 Å². The second kappa shape index (κ2) is 8.66. The molecule has 1 aliphatic carbocycles. The van der Waals surface area contributed by atoms with Gasteiger partial charge in [0.05, 0.1) is 5.71 Å². The molecule has 0 radical (unpaired) electrons. The zero-order valence-corrected chi connectivity index (χ0v) is 17.5. The molecule has 1 unspecified atom stereocenters. The molecule has 2 N–H and O–H groups in total. The number of ketones is 1. The van der Waals surface area contributed by atoms with Crippen LogP contribution in [0.15, 0.2) is 64.9 Å². The number of hydrogen-bond acceptors (Lipinski definition) is 4. The van der Waals surface area contributed by atoms with E-state index in [0.29, 0.717) is 19.3 Å². The van der Waals surface area contributed by atoms with Crippen molar-refractivity contribution in [1.82, 2.24) is 5.43 Å². The van der Waals surface area contributed by atoms with Crippen LogP contribution in [0, 0.1) is 12.8 Å². The van der Waals surface area contributed by atoms with Crippen molar-refractivity contribution >= 4 is 23.1 Å². The van der Waals surface area contributed by atoms with E-state index in [2.05, 4.69) is 41.0 Å². The van der Waals surface area contributed by atoms with E-state index in [1.807, 2.05) is 37.3 Å². The molecule has 30 heavy (non-hydrogen) atoms. The summed E-state index contributed by atoms with van der Waals surface area (Å²) in [6, 6.07) is 16.3. The van der Waals surface area contributed by atoms with Crippen LogP contribution >= 0.6 is 0 Å². The first-order valence-corrected chi connectivity index (χ1v) is 10.5. The lowest BCUT2D eigenvalue weighted by Crippen LogP contribution is -2.32. The van der Waals surface area contributed by atoms with Crippen LogP contribution in [0.2, 0.25) is 0 Å². The minimum absolute atomic E-state index is 0.0406. The van der Waals surface area contributed by atoms with Gasteiger partial charge >= 0.3 is 0 Å². The third-order valence-electron chi connectivity index (χ3n) is 5.82. The molecule has 2 aromatic rings. The molecule has 0 bridgehead atoms. The molecule has 4 rings (SSSR count). The summed E-state index contributed by atoms with van der Waals surface area (Å²) in [5.74, 6) is 0.289. The number of carbonyl (C=O) groups is 2. The highest BCUT2D eigenvalue weighted by atomic mass is 16.2. The van der Waals surface area contributed by atoms with Gasteiger partial charge in [0.1, 0.15) is 0 Å². The van der Waals surface area contributed by atoms with E-state index in [1.165, 1.54) is 0 Å². The fourth-order valence-electron chi connectivity index (χ4n) is 4.17. The van der Waals surface area contributed by atoms with Gasteiger partial charge in [-0.05, 0) is 48.6 Å². The lowest BCUT2D eigenvalue weighted by atomic mass is 9.89. The van der Waals surface area contributed by atoms with E-state index in [4.69, 9.17) is 0 Å². The number of carbonyl (C=O) groups excluding carboxylic acids is 2. The van der Waals surface area contributed by atoms with Gasteiger partial charge in [-0.2, -0.15) is 5.10 Å². The number of nitrogens with zero attached hydrogens (tertiary/aromatic N) is 1. The highest BCUT2D eigenvalue weighted by molar-refractivity contribution is 6.06. The van der Waals surface area contributed by atoms with Gasteiger partial charge in [0, 0.05) is 42.1 Å². The topological polar surface area (TPSA) is 70.6 Å². The number of benzene rings is 2.